The number of anilines is 2. The molecule has 0 unspecified atom stereocenters. The maximum atomic E-state index is 14.4. The van der Waals surface area contributed by atoms with Gasteiger partial charge in [0, 0.05) is 32.1 Å². The number of carbonyl (C=O) groups is 4. The van der Waals surface area contributed by atoms with Crippen molar-refractivity contribution in [3.8, 4) is 11.5 Å². The van der Waals surface area contributed by atoms with Crippen LogP contribution in [-0.2, 0) is 19.2 Å². The number of fused-ring (bicyclic) bond motifs is 4. The van der Waals surface area contributed by atoms with Crippen molar-refractivity contribution in [1.29, 1.82) is 0 Å². The highest BCUT2D eigenvalue weighted by Gasteiger charge is 2.76. The van der Waals surface area contributed by atoms with E-state index in [0.29, 0.717) is 10.5 Å². The van der Waals surface area contributed by atoms with Gasteiger partial charge in [0.2, 0.25) is 11.8 Å². The molecule has 6 rings (SSSR count). The molecule has 1 saturated carbocycles. The van der Waals surface area contributed by atoms with Gasteiger partial charge in [0.25, 0.3) is 11.8 Å². The molecule has 4 aliphatic rings. The number of likely N-dealkylation sites (tertiary alicyclic amines) is 1. The second-order valence-electron chi connectivity index (χ2n) is 12.3. The average molecular weight is 802 g/mol. The minimum Gasteiger partial charge on any atom is -0.503 e. The molecule has 0 aromatic heterocycles. The number of benzene rings is 2. The van der Waals surface area contributed by atoms with E-state index in [0.717, 1.165) is 17.0 Å². The zero-order valence-electron chi connectivity index (χ0n) is 25.7. The fourth-order valence-electron chi connectivity index (χ4n) is 7.75. The van der Waals surface area contributed by atoms with Crippen molar-refractivity contribution in [2.24, 2.45) is 17.8 Å². The third kappa shape index (κ3) is 4.67. The SMILES string of the molecule is COc1cc([C@H]2C3=CC[C@@H]4C(=O)N(c5cc([N+](=O)[O-])c(N(C)C)c([N+](=O)[O-])c5)C(=O)[C@@H]4[C@@H]3C[C@@]3(Cl)C(=O)N(CBr)C(=O)[C@@]23Cl)cc(Cl)c1O. The number of nitrogens with zero attached hydrogens (tertiary/aromatic N) is 5. The summed E-state index contributed by atoms with van der Waals surface area (Å²) in [5.74, 6) is -8.18. The van der Waals surface area contributed by atoms with Gasteiger partial charge >= 0.3 is 11.4 Å². The van der Waals surface area contributed by atoms with Crippen LogP contribution < -0.4 is 14.5 Å². The van der Waals surface area contributed by atoms with E-state index in [2.05, 4.69) is 15.9 Å². The van der Waals surface area contributed by atoms with Crippen LogP contribution in [0.25, 0.3) is 0 Å². The number of hydrogen-bond donors (Lipinski definition) is 1. The van der Waals surface area contributed by atoms with E-state index in [1.165, 1.54) is 38.2 Å². The van der Waals surface area contributed by atoms with Gasteiger partial charge < -0.3 is 14.7 Å². The summed E-state index contributed by atoms with van der Waals surface area (Å²) in [5.41, 5.74) is -1.72. The van der Waals surface area contributed by atoms with Crippen LogP contribution in [0.1, 0.15) is 24.3 Å². The van der Waals surface area contributed by atoms with E-state index in [4.69, 9.17) is 39.5 Å². The minimum absolute atomic E-state index is 0.0520. The van der Waals surface area contributed by atoms with Crippen molar-refractivity contribution in [3.05, 3.63) is 66.7 Å². The Morgan fingerprint density at radius 1 is 1.02 bits per heavy atom. The van der Waals surface area contributed by atoms with Gasteiger partial charge in [0.15, 0.2) is 26.9 Å². The molecular formula is C30H25BrCl3N5O10. The number of nitro groups is 2. The first-order chi connectivity index (χ1) is 23.0. The highest BCUT2D eigenvalue weighted by atomic mass is 79.9. The molecule has 1 N–H and O–H groups in total. The normalized spacial score (nSPS) is 29.0. The predicted molar refractivity (Wildman–Crippen MR) is 180 cm³/mol. The van der Waals surface area contributed by atoms with Crippen LogP contribution in [-0.4, -0.2) is 79.9 Å². The van der Waals surface area contributed by atoms with E-state index in [1.807, 2.05) is 0 Å². The number of halogens is 4. The maximum absolute atomic E-state index is 14.4. The first kappa shape index (κ1) is 34.9. The quantitative estimate of drug-likeness (QED) is 0.100. The number of hydrogen-bond acceptors (Lipinski definition) is 11. The van der Waals surface area contributed by atoms with E-state index in [1.54, 1.807) is 6.08 Å². The number of alkyl halides is 3. The van der Waals surface area contributed by atoms with Gasteiger partial charge in [-0.25, -0.2) is 4.90 Å². The topological polar surface area (TPSA) is 194 Å². The predicted octanol–water partition coefficient (Wildman–Crippen LogP) is 4.85. The van der Waals surface area contributed by atoms with Crippen molar-refractivity contribution < 1.29 is 38.9 Å². The number of allylic oxidation sites excluding steroid dienone is 2. The monoisotopic (exact) mass is 799 g/mol. The Hall–Kier alpha value is -3.99. The molecule has 258 valence electrons. The summed E-state index contributed by atoms with van der Waals surface area (Å²) in [7, 11) is 4.04. The number of aromatic hydroxyl groups is 1. The summed E-state index contributed by atoms with van der Waals surface area (Å²) in [6, 6.07) is 4.58. The van der Waals surface area contributed by atoms with Crippen LogP contribution in [0.2, 0.25) is 5.02 Å². The van der Waals surface area contributed by atoms with Gasteiger partial charge in [0.05, 0.1) is 45.0 Å². The number of phenols is 1. The standard InChI is InChI=1S/C30H25BrCl3N5O10/c1-35(2)23-18(38(45)46)8-13(9-19(23)39(47)48)37-25(41)15-5-4-14-16(21(15)26(37)42)10-29(33)27(43)36(11-31)28(44)30(29,34)22(14)12-6-17(32)24(40)20(7-12)49-3/h4,6-9,15-16,21-22,40H,5,10-11H2,1-3H3/t15-,16+,21-,22-,29+,30-/m0/s1. The molecule has 19 heteroatoms. The molecule has 3 fully saturated rings. The third-order valence-electron chi connectivity index (χ3n) is 9.77. The van der Waals surface area contributed by atoms with Crippen LogP contribution in [0.5, 0.6) is 11.5 Å². The van der Waals surface area contributed by atoms with E-state index in [9.17, 15) is 44.5 Å². The molecule has 4 amide bonds. The van der Waals surface area contributed by atoms with Crippen molar-refractivity contribution in [2.45, 2.75) is 28.5 Å². The van der Waals surface area contributed by atoms with Crippen LogP contribution in [0.15, 0.2) is 35.9 Å². The van der Waals surface area contributed by atoms with Crippen LogP contribution >= 0.6 is 50.7 Å². The Labute approximate surface area is 300 Å². The van der Waals surface area contributed by atoms with Crippen LogP contribution in [0, 0.1) is 38.0 Å². The fourth-order valence-corrected chi connectivity index (χ4v) is 9.40. The van der Waals surface area contributed by atoms with Gasteiger partial charge in [-0.15, -0.1) is 23.2 Å². The molecule has 2 aliphatic heterocycles. The van der Waals surface area contributed by atoms with Gasteiger partial charge in [-0.3, -0.25) is 44.3 Å². The molecule has 49 heavy (non-hydrogen) atoms. The Morgan fingerprint density at radius 3 is 2.16 bits per heavy atom. The summed E-state index contributed by atoms with van der Waals surface area (Å²) in [5, 5.41) is 34.4. The Kier molecular flexibility index (Phi) is 8.40. The molecule has 0 bridgehead atoms. The second-order valence-corrected chi connectivity index (χ2v) is 14.4. The summed E-state index contributed by atoms with van der Waals surface area (Å²) < 4.78 is 5.29. The summed E-state index contributed by atoms with van der Waals surface area (Å²) >= 11 is 23.9. The molecule has 0 spiro atoms. The summed E-state index contributed by atoms with van der Waals surface area (Å²) in [6.07, 6.45) is 1.24. The van der Waals surface area contributed by atoms with Crippen LogP contribution in [0.3, 0.4) is 0 Å². The van der Waals surface area contributed by atoms with Gasteiger partial charge in [-0.2, -0.15) is 0 Å². The number of nitro benzene ring substituents is 2. The molecule has 2 heterocycles. The van der Waals surface area contributed by atoms with E-state index in [-0.39, 0.29) is 46.0 Å². The first-order valence-electron chi connectivity index (χ1n) is 14.5. The van der Waals surface area contributed by atoms with Crippen molar-refractivity contribution in [3.63, 3.8) is 0 Å². The number of imide groups is 2. The highest BCUT2D eigenvalue weighted by Crippen LogP contribution is 2.66. The minimum atomic E-state index is -2.16. The van der Waals surface area contributed by atoms with Gasteiger partial charge in [-0.1, -0.05) is 39.2 Å². The van der Waals surface area contributed by atoms with Crippen molar-refractivity contribution >= 4 is 97.1 Å². The van der Waals surface area contributed by atoms with Crippen LogP contribution in [0.4, 0.5) is 22.7 Å². The zero-order valence-corrected chi connectivity index (χ0v) is 29.5. The molecule has 2 aliphatic carbocycles. The lowest BCUT2D eigenvalue weighted by atomic mass is 9.56. The Balaban J connectivity index is 1.53. The number of phenolic OH excluding ortho intramolecular Hbond substituents is 1. The number of amides is 4. The largest absolute Gasteiger partial charge is 0.503 e. The number of carbonyl (C=O) groups excluding carboxylic acids is 4. The summed E-state index contributed by atoms with van der Waals surface area (Å²) in [6.45, 7) is 0. The molecular weight excluding hydrogens is 777 g/mol. The zero-order chi connectivity index (χ0) is 36.1. The first-order valence-corrected chi connectivity index (χ1v) is 16.8. The van der Waals surface area contributed by atoms with Gasteiger partial charge in [-0.05, 0) is 36.5 Å². The fraction of sp³-hybridized carbons (Fsp3) is 0.400. The molecule has 6 atom stereocenters. The Bertz CT molecular complexity index is 1910. The number of rotatable bonds is 7. The number of methoxy groups -OCH3 is 1. The lowest BCUT2D eigenvalue weighted by Crippen LogP contribution is -2.60. The maximum Gasteiger partial charge on any atom is 0.301 e. The van der Waals surface area contributed by atoms with Crippen molar-refractivity contribution in [1.82, 2.24) is 4.90 Å². The second kappa shape index (κ2) is 11.8. The molecule has 2 aromatic carbocycles. The average Bonchev–Trinajstić information content (AvgIpc) is 3.38. The lowest BCUT2D eigenvalue weighted by Gasteiger charge is -2.50. The molecule has 2 aromatic rings. The van der Waals surface area contributed by atoms with Crippen molar-refractivity contribution in [2.75, 3.05) is 36.5 Å². The van der Waals surface area contributed by atoms with E-state index < -0.39 is 84.0 Å². The van der Waals surface area contributed by atoms with E-state index >= 15 is 0 Å². The van der Waals surface area contributed by atoms with Gasteiger partial charge in [0.1, 0.15) is 0 Å². The Morgan fingerprint density at radius 2 is 1.63 bits per heavy atom. The third-order valence-corrected chi connectivity index (χ3v) is 12.0. The molecule has 15 nitrogen and oxygen atoms in total. The highest BCUT2D eigenvalue weighted by molar-refractivity contribution is 9.09. The smallest absolute Gasteiger partial charge is 0.301 e. The molecule has 0 radical (unpaired) electrons. The summed E-state index contributed by atoms with van der Waals surface area (Å²) in [4.78, 5) is 77.0. The number of ether oxygens (including phenoxy) is 1. The molecule has 2 saturated heterocycles. The lowest BCUT2D eigenvalue weighted by molar-refractivity contribution is -0.392.